The minimum absolute atomic E-state index is 0.478. The first-order valence-corrected chi connectivity index (χ1v) is 13.0. The Morgan fingerprint density at radius 3 is 3.06 bits per heavy atom. The van der Waals surface area contributed by atoms with E-state index < -0.39 is 0 Å². The summed E-state index contributed by atoms with van der Waals surface area (Å²) in [5, 5.41) is 3.93. The maximum Gasteiger partial charge on any atom is 0.0642 e. The molecule has 3 unspecified atom stereocenters. The van der Waals surface area contributed by atoms with Gasteiger partial charge in [0.25, 0.3) is 0 Å². The summed E-state index contributed by atoms with van der Waals surface area (Å²) in [4.78, 5) is 10.2. The van der Waals surface area contributed by atoms with Gasteiger partial charge >= 0.3 is 0 Å². The summed E-state index contributed by atoms with van der Waals surface area (Å²) in [5.41, 5.74) is 4.37. The number of ether oxygens (including phenoxy) is 1. The lowest BCUT2D eigenvalue weighted by molar-refractivity contribution is 0.0424. The largest absolute Gasteiger partial charge is 0.378 e. The number of unbranched alkanes of at least 4 members (excludes halogenated alkanes) is 1. The second kappa shape index (κ2) is 10.5. The molecule has 5 rings (SSSR count). The molecule has 0 bridgehead atoms. The van der Waals surface area contributed by atoms with Crippen molar-refractivity contribution in [3.8, 4) is 0 Å². The molecule has 1 N–H and O–H groups in total. The summed E-state index contributed by atoms with van der Waals surface area (Å²) in [6.45, 7) is 9.50. The average Bonchev–Trinajstić information content (AvgIpc) is 2.86. The minimum Gasteiger partial charge on any atom is -0.378 e. The van der Waals surface area contributed by atoms with E-state index in [9.17, 15) is 0 Å². The highest BCUT2D eigenvalue weighted by Gasteiger charge is 2.37. The van der Waals surface area contributed by atoms with Gasteiger partial charge in [-0.2, -0.15) is 0 Å². The smallest absolute Gasteiger partial charge is 0.0642 e. The van der Waals surface area contributed by atoms with Crippen LogP contribution in [0.25, 0.3) is 0 Å². The van der Waals surface area contributed by atoms with E-state index in [0.29, 0.717) is 23.9 Å². The predicted octanol–water partition coefficient (Wildman–Crippen LogP) is 3.94. The van der Waals surface area contributed by atoms with E-state index in [4.69, 9.17) is 9.72 Å². The molecule has 2 aliphatic carbocycles. The normalized spacial score (nSPS) is 30.1. The fourth-order valence-corrected chi connectivity index (χ4v) is 6.23. The van der Waals surface area contributed by atoms with Crippen LogP contribution in [0.4, 0.5) is 0 Å². The molecule has 0 radical (unpaired) electrons. The van der Waals surface area contributed by atoms with Crippen molar-refractivity contribution in [2.75, 3.05) is 45.9 Å². The van der Waals surface area contributed by atoms with Gasteiger partial charge in [0.1, 0.15) is 0 Å². The molecular weight excluding hydrogens is 396 g/mol. The summed E-state index contributed by atoms with van der Waals surface area (Å²) in [6.07, 6.45) is 16.5. The number of aromatic nitrogens is 1. The zero-order chi connectivity index (χ0) is 21.8. The van der Waals surface area contributed by atoms with Gasteiger partial charge in [0.2, 0.25) is 0 Å². The van der Waals surface area contributed by atoms with Gasteiger partial charge in [0, 0.05) is 50.0 Å². The van der Waals surface area contributed by atoms with Crippen LogP contribution >= 0.6 is 0 Å². The second-order valence-corrected chi connectivity index (χ2v) is 9.99. The van der Waals surface area contributed by atoms with Gasteiger partial charge in [0.15, 0.2) is 0 Å². The van der Waals surface area contributed by atoms with Crippen LogP contribution in [0.1, 0.15) is 56.3 Å². The minimum atomic E-state index is 0.478. The van der Waals surface area contributed by atoms with Gasteiger partial charge < -0.3 is 15.0 Å². The lowest BCUT2D eigenvalue weighted by atomic mass is 9.77. The van der Waals surface area contributed by atoms with Crippen molar-refractivity contribution in [1.82, 2.24) is 20.1 Å². The number of fused-ring (bicyclic) bond motifs is 2. The molecule has 2 saturated heterocycles. The van der Waals surface area contributed by atoms with E-state index in [1.165, 1.54) is 56.3 Å². The molecule has 5 nitrogen and oxygen atoms in total. The zero-order valence-corrected chi connectivity index (χ0v) is 19.7. The third-order valence-electron chi connectivity index (χ3n) is 7.94. The molecule has 2 aliphatic heterocycles. The van der Waals surface area contributed by atoms with Crippen LogP contribution in [0.5, 0.6) is 0 Å². The first kappa shape index (κ1) is 22.1. The fraction of sp³-hybridized carbons (Fsp3) is 0.667. The molecular formula is C27H40N4O. The van der Waals surface area contributed by atoms with Crippen LogP contribution in [-0.2, 0) is 11.2 Å². The number of piperidine rings is 1. The number of aryl methyl sites for hydroxylation is 1. The fourth-order valence-electron chi connectivity index (χ4n) is 6.23. The summed E-state index contributed by atoms with van der Waals surface area (Å²) >= 11 is 0. The Hall–Kier alpha value is -1.69. The van der Waals surface area contributed by atoms with Crippen molar-refractivity contribution < 1.29 is 4.74 Å². The number of nitrogens with one attached hydrogen (secondary N) is 1. The Morgan fingerprint density at radius 2 is 2.19 bits per heavy atom. The monoisotopic (exact) mass is 436 g/mol. The molecule has 0 spiro atoms. The Bertz CT molecular complexity index is 816. The van der Waals surface area contributed by atoms with E-state index in [1.54, 1.807) is 5.70 Å². The third kappa shape index (κ3) is 4.80. The lowest BCUT2D eigenvalue weighted by Crippen LogP contribution is -2.52. The number of rotatable bonds is 7. The SMILES string of the molecule is CCCCN(C[C@H]1CC2C(N3CCOCC3)=CC=CC2CN1)C1CCCc2cccnc21. The van der Waals surface area contributed by atoms with E-state index in [2.05, 4.69) is 52.4 Å². The Morgan fingerprint density at radius 1 is 1.28 bits per heavy atom. The molecule has 1 aromatic rings. The first-order valence-electron chi connectivity index (χ1n) is 13.0. The molecule has 3 heterocycles. The van der Waals surface area contributed by atoms with Gasteiger partial charge in [-0.3, -0.25) is 9.88 Å². The maximum atomic E-state index is 5.62. The van der Waals surface area contributed by atoms with Crippen molar-refractivity contribution in [3.05, 3.63) is 53.5 Å². The quantitative estimate of drug-likeness (QED) is 0.701. The number of morpholine rings is 1. The van der Waals surface area contributed by atoms with E-state index >= 15 is 0 Å². The van der Waals surface area contributed by atoms with Crippen molar-refractivity contribution in [1.29, 1.82) is 0 Å². The zero-order valence-electron chi connectivity index (χ0n) is 19.7. The second-order valence-electron chi connectivity index (χ2n) is 9.99. The van der Waals surface area contributed by atoms with Crippen molar-refractivity contribution in [3.63, 3.8) is 0 Å². The molecule has 2 fully saturated rings. The summed E-state index contributed by atoms with van der Waals surface area (Å²) < 4.78 is 5.62. The highest BCUT2D eigenvalue weighted by Crippen LogP contribution is 2.37. The molecule has 1 aromatic heterocycles. The molecule has 4 aliphatic rings. The molecule has 0 amide bonds. The van der Waals surface area contributed by atoms with Gasteiger partial charge in [0.05, 0.1) is 24.9 Å². The van der Waals surface area contributed by atoms with Gasteiger partial charge in [-0.15, -0.1) is 0 Å². The Balaban J connectivity index is 1.30. The number of hydrogen-bond donors (Lipinski definition) is 1. The molecule has 0 aromatic carbocycles. The first-order chi connectivity index (χ1) is 15.8. The van der Waals surface area contributed by atoms with Gasteiger partial charge in [-0.05, 0) is 62.3 Å². The number of nitrogens with zero attached hydrogens (tertiary/aromatic N) is 3. The third-order valence-corrected chi connectivity index (χ3v) is 7.94. The number of hydrogen-bond acceptors (Lipinski definition) is 5. The maximum absolute atomic E-state index is 5.62. The standard InChI is InChI=1S/C27H40N4O/c1-2-3-13-31(26-11-4-7-21-9-6-12-28-27(21)26)20-23-18-24-22(19-29-23)8-5-10-25(24)30-14-16-32-17-15-30/h5-6,8-10,12,22-24,26,29H,2-4,7,11,13-20H2,1H3/t22?,23-,24?,26?/m1/s1. The predicted molar refractivity (Wildman–Crippen MR) is 129 cm³/mol. The molecule has 32 heavy (non-hydrogen) atoms. The van der Waals surface area contributed by atoms with E-state index in [0.717, 1.165) is 39.4 Å². The van der Waals surface area contributed by atoms with Crippen LogP contribution in [-0.4, -0.2) is 66.8 Å². The van der Waals surface area contributed by atoms with Crippen LogP contribution in [0.3, 0.4) is 0 Å². The van der Waals surface area contributed by atoms with Crippen LogP contribution in [0, 0.1) is 11.8 Å². The average molecular weight is 437 g/mol. The van der Waals surface area contributed by atoms with E-state index in [1.807, 2.05) is 6.20 Å². The molecule has 174 valence electrons. The van der Waals surface area contributed by atoms with Crippen LogP contribution in [0.2, 0.25) is 0 Å². The Kier molecular flexibility index (Phi) is 7.25. The topological polar surface area (TPSA) is 40.6 Å². The lowest BCUT2D eigenvalue weighted by Gasteiger charge is -2.45. The van der Waals surface area contributed by atoms with E-state index in [-0.39, 0.29) is 0 Å². The van der Waals surface area contributed by atoms with Crippen LogP contribution < -0.4 is 5.32 Å². The summed E-state index contributed by atoms with van der Waals surface area (Å²) in [7, 11) is 0. The molecule has 5 heteroatoms. The van der Waals surface area contributed by atoms with Gasteiger partial charge in [-0.1, -0.05) is 31.6 Å². The van der Waals surface area contributed by atoms with Crippen LogP contribution in [0.15, 0.2) is 42.3 Å². The highest BCUT2D eigenvalue weighted by molar-refractivity contribution is 5.27. The molecule has 4 atom stereocenters. The molecule has 0 saturated carbocycles. The number of allylic oxidation sites excluding steroid dienone is 3. The van der Waals surface area contributed by atoms with Crippen molar-refractivity contribution in [2.24, 2.45) is 11.8 Å². The summed E-state index contributed by atoms with van der Waals surface area (Å²) in [5.74, 6) is 1.25. The van der Waals surface area contributed by atoms with Crippen molar-refractivity contribution >= 4 is 0 Å². The van der Waals surface area contributed by atoms with Gasteiger partial charge in [-0.25, -0.2) is 0 Å². The highest BCUT2D eigenvalue weighted by atomic mass is 16.5. The number of pyridine rings is 1. The Labute approximate surface area is 193 Å². The summed E-state index contributed by atoms with van der Waals surface area (Å²) in [6, 6.07) is 5.42. The van der Waals surface area contributed by atoms with Crippen molar-refractivity contribution in [2.45, 2.75) is 57.5 Å².